The minimum Gasteiger partial charge on any atom is -0.466 e. The number of allylic oxidation sites excluding steroid dienone is 7. The molecule has 0 amide bonds. The van der Waals surface area contributed by atoms with E-state index in [1.165, 1.54) is 24.7 Å². The van der Waals surface area contributed by atoms with E-state index in [9.17, 15) is 4.79 Å². The summed E-state index contributed by atoms with van der Waals surface area (Å²) in [6.45, 7) is 0. The second kappa shape index (κ2) is 3.47. The van der Waals surface area contributed by atoms with Crippen molar-refractivity contribution in [2.75, 3.05) is 7.11 Å². The van der Waals surface area contributed by atoms with Gasteiger partial charge < -0.3 is 4.74 Å². The van der Waals surface area contributed by atoms with Crippen LogP contribution in [0.25, 0.3) is 0 Å². The van der Waals surface area contributed by atoms with E-state index in [0.29, 0.717) is 23.7 Å². The molecule has 4 aliphatic rings. The number of esters is 1. The number of hydrogen-bond donors (Lipinski definition) is 0. The van der Waals surface area contributed by atoms with Crippen LogP contribution < -0.4 is 0 Å². The van der Waals surface area contributed by atoms with Crippen molar-refractivity contribution in [1.29, 1.82) is 0 Å². The Kier molecular flexibility index (Phi) is 2.00. The molecule has 0 fully saturated rings. The van der Waals surface area contributed by atoms with Crippen LogP contribution in [0.3, 0.4) is 0 Å². The van der Waals surface area contributed by atoms with Crippen LogP contribution >= 0.6 is 0 Å². The predicted octanol–water partition coefficient (Wildman–Crippen LogP) is 2.79. The monoisotopic (exact) mass is 240 g/mol. The summed E-state index contributed by atoms with van der Waals surface area (Å²) in [5.74, 6) is 1.88. The summed E-state index contributed by atoms with van der Waals surface area (Å²) < 4.78 is 4.83. The average Bonchev–Trinajstić information content (AvgIpc) is 3.14. The number of ether oxygens (including phenoxy) is 1. The summed E-state index contributed by atoms with van der Waals surface area (Å²) in [5, 5.41) is 0. The highest BCUT2D eigenvalue weighted by Gasteiger charge is 2.41. The minimum atomic E-state index is -0.153. The van der Waals surface area contributed by atoms with E-state index < -0.39 is 0 Å². The number of fused-ring (bicyclic) bond motifs is 4. The van der Waals surface area contributed by atoms with Crippen LogP contribution in [-0.4, -0.2) is 13.1 Å². The number of methoxy groups -OCH3 is 1. The van der Waals surface area contributed by atoms with E-state index in [4.69, 9.17) is 4.74 Å². The molecule has 4 rings (SSSR count). The molecule has 4 unspecified atom stereocenters. The largest absolute Gasteiger partial charge is 0.466 e. The van der Waals surface area contributed by atoms with Crippen molar-refractivity contribution in [3.8, 4) is 0 Å². The van der Waals surface area contributed by atoms with Crippen molar-refractivity contribution in [2.24, 2.45) is 23.7 Å². The van der Waals surface area contributed by atoms with Crippen molar-refractivity contribution in [1.82, 2.24) is 0 Å². The van der Waals surface area contributed by atoms with Crippen molar-refractivity contribution >= 4 is 5.97 Å². The van der Waals surface area contributed by atoms with Crippen LogP contribution in [0.2, 0.25) is 0 Å². The molecular weight excluding hydrogens is 224 g/mol. The summed E-state index contributed by atoms with van der Waals surface area (Å²) in [6, 6.07) is 0. The molecule has 0 aromatic heterocycles. The Labute approximate surface area is 107 Å². The van der Waals surface area contributed by atoms with E-state index in [2.05, 4.69) is 30.4 Å². The lowest BCUT2D eigenvalue weighted by Crippen LogP contribution is -2.11. The van der Waals surface area contributed by atoms with Gasteiger partial charge in [-0.1, -0.05) is 30.4 Å². The molecule has 4 aliphatic carbocycles. The fourth-order valence-electron chi connectivity index (χ4n) is 3.92. The maximum Gasteiger partial charge on any atom is 0.334 e. The lowest BCUT2D eigenvalue weighted by Gasteiger charge is -2.17. The standard InChI is InChI=1S/C16H16O2/c1-18-16(17)15-8-11-6-12(15)7-14(11)13-5-9-2-3-10(13)4-9/h2-3,5,7-12H,4,6H2,1H3. The van der Waals surface area contributed by atoms with Gasteiger partial charge in [0.05, 0.1) is 7.11 Å². The van der Waals surface area contributed by atoms with Gasteiger partial charge in [0, 0.05) is 23.3 Å². The molecule has 0 saturated heterocycles. The quantitative estimate of drug-likeness (QED) is 0.548. The highest BCUT2D eigenvalue weighted by atomic mass is 16.5. The number of carbonyl (C=O) groups excluding carboxylic acids is 1. The van der Waals surface area contributed by atoms with Crippen molar-refractivity contribution in [3.05, 3.63) is 47.1 Å². The Hall–Kier alpha value is -1.57. The van der Waals surface area contributed by atoms with Crippen LogP contribution in [0.5, 0.6) is 0 Å². The van der Waals surface area contributed by atoms with Gasteiger partial charge in [-0.2, -0.15) is 0 Å². The zero-order valence-electron chi connectivity index (χ0n) is 10.4. The molecule has 0 spiro atoms. The SMILES string of the molecule is COC(=O)C1=CC2CC1C=C2C1=CC2C=CC1C2. The van der Waals surface area contributed by atoms with Gasteiger partial charge in [0.2, 0.25) is 0 Å². The number of hydrogen-bond acceptors (Lipinski definition) is 2. The zero-order chi connectivity index (χ0) is 12.3. The minimum absolute atomic E-state index is 0.153. The highest BCUT2D eigenvalue weighted by Crippen LogP contribution is 2.51. The second-order valence-electron chi connectivity index (χ2n) is 5.70. The van der Waals surface area contributed by atoms with Crippen molar-refractivity contribution < 1.29 is 9.53 Å². The number of carbonyl (C=O) groups is 1. The van der Waals surface area contributed by atoms with Crippen LogP contribution in [0.4, 0.5) is 0 Å². The van der Waals surface area contributed by atoms with E-state index in [0.717, 1.165) is 12.0 Å². The summed E-state index contributed by atoms with van der Waals surface area (Å²) in [5.41, 5.74) is 3.87. The second-order valence-corrected chi connectivity index (χ2v) is 5.70. The highest BCUT2D eigenvalue weighted by molar-refractivity contribution is 5.91. The molecule has 2 nitrogen and oxygen atoms in total. The fourth-order valence-corrected chi connectivity index (χ4v) is 3.92. The van der Waals surface area contributed by atoms with Gasteiger partial charge in [-0.15, -0.1) is 0 Å². The van der Waals surface area contributed by atoms with Gasteiger partial charge in [-0.05, 0) is 29.9 Å². The summed E-state index contributed by atoms with van der Waals surface area (Å²) in [4.78, 5) is 11.6. The first-order valence-corrected chi connectivity index (χ1v) is 6.68. The summed E-state index contributed by atoms with van der Waals surface area (Å²) >= 11 is 0. The molecule has 4 bridgehead atoms. The first kappa shape index (κ1) is 10.4. The third kappa shape index (κ3) is 1.26. The molecule has 2 heteroatoms. The molecule has 4 atom stereocenters. The van der Waals surface area contributed by atoms with E-state index in [1.807, 2.05) is 0 Å². The van der Waals surface area contributed by atoms with E-state index in [1.54, 1.807) is 0 Å². The molecule has 0 N–H and O–H groups in total. The molecule has 0 saturated carbocycles. The predicted molar refractivity (Wildman–Crippen MR) is 68.6 cm³/mol. The van der Waals surface area contributed by atoms with Crippen LogP contribution in [-0.2, 0) is 9.53 Å². The molecule has 0 aromatic carbocycles. The molecule has 0 aliphatic heterocycles. The van der Waals surface area contributed by atoms with Gasteiger partial charge in [0.15, 0.2) is 0 Å². The maximum atomic E-state index is 11.6. The smallest absolute Gasteiger partial charge is 0.334 e. The van der Waals surface area contributed by atoms with E-state index in [-0.39, 0.29) is 5.97 Å². The zero-order valence-corrected chi connectivity index (χ0v) is 10.4. The lowest BCUT2D eigenvalue weighted by molar-refractivity contribution is -0.136. The van der Waals surface area contributed by atoms with Gasteiger partial charge in [0.25, 0.3) is 0 Å². The Morgan fingerprint density at radius 3 is 2.44 bits per heavy atom. The normalized spacial score (nSPS) is 38.8. The molecule has 0 radical (unpaired) electrons. The average molecular weight is 240 g/mol. The first-order valence-electron chi connectivity index (χ1n) is 6.68. The Balaban J connectivity index is 1.61. The van der Waals surface area contributed by atoms with Gasteiger partial charge in [-0.25, -0.2) is 4.79 Å². The van der Waals surface area contributed by atoms with Gasteiger partial charge >= 0.3 is 5.97 Å². The maximum absolute atomic E-state index is 11.6. The molecule has 92 valence electrons. The Morgan fingerprint density at radius 1 is 1.06 bits per heavy atom. The van der Waals surface area contributed by atoms with Crippen molar-refractivity contribution in [3.63, 3.8) is 0 Å². The van der Waals surface area contributed by atoms with Crippen molar-refractivity contribution in [2.45, 2.75) is 12.8 Å². The van der Waals surface area contributed by atoms with Gasteiger partial charge in [-0.3, -0.25) is 0 Å². The first-order chi connectivity index (χ1) is 8.76. The van der Waals surface area contributed by atoms with Crippen LogP contribution in [0.1, 0.15) is 12.8 Å². The van der Waals surface area contributed by atoms with Crippen LogP contribution in [0.15, 0.2) is 47.1 Å². The van der Waals surface area contributed by atoms with Gasteiger partial charge in [0.1, 0.15) is 0 Å². The Bertz CT molecular complexity index is 547. The summed E-state index contributed by atoms with van der Waals surface area (Å²) in [6.07, 6.45) is 13.8. The Morgan fingerprint density at radius 2 is 1.89 bits per heavy atom. The number of rotatable bonds is 2. The molecule has 0 heterocycles. The third-order valence-electron chi connectivity index (χ3n) is 4.73. The van der Waals surface area contributed by atoms with Crippen LogP contribution in [0, 0.1) is 23.7 Å². The lowest BCUT2D eigenvalue weighted by atomic mass is 9.87. The molecule has 18 heavy (non-hydrogen) atoms. The fraction of sp³-hybridized carbons (Fsp3) is 0.438. The third-order valence-corrected chi connectivity index (χ3v) is 4.73. The topological polar surface area (TPSA) is 26.3 Å². The summed E-state index contributed by atoms with van der Waals surface area (Å²) in [7, 11) is 1.46. The molecular formula is C16H16O2. The molecule has 0 aromatic rings. The van der Waals surface area contributed by atoms with E-state index >= 15 is 0 Å².